The van der Waals surface area contributed by atoms with Crippen molar-refractivity contribution in [2.45, 2.75) is 27.7 Å². The molecule has 3 aromatic heterocycles. The fourth-order valence-electron chi connectivity index (χ4n) is 3.84. The Kier molecular flexibility index (Phi) is 3.59. The SMILES string of the molecule is Cc1cccc(-n2c(C)c(C)c3c2ncn2nc(-c4ccccc4)nc32)c1C. The van der Waals surface area contributed by atoms with Crippen molar-refractivity contribution in [1.82, 2.24) is 24.1 Å². The quantitative estimate of drug-likeness (QED) is 0.443. The summed E-state index contributed by atoms with van der Waals surface area (Å²) in [5.41, 5.74) is 8.81. The molecule has 0 unspecified atom stereocenters. The number of benzene rings is 2. The summed E-state index contributed by atoms with van der Waals surface area (Å²) in [6.07, 6.45) is 1.76. The number of aryl methyl sites for hydroxylation is 2. The molecule has 3 heterocycles. The number of nitrogens with zero attached hydrogens (tertiary/aromatic N) is 5. The van der Waals surface area contributed by atoms with E-state index in [1.807, 2.05) is 30.3 Å². The zero-order valence-corrected chi connectivity index (χ0v) is 16.4. The van der Waals surface area contributed by atoms with Gasteiger partial charge in [0.2, 0.25) is 0 Å². The second kappa shape index (κ2) is 6.02. The van der Waals surface area contributed by atoms with Gasteiger partial charge in [0, 0.05) is 11.3 Å². The van der Waals surface area contributed by atoms with Gasteiger partial charge < -0.3 is 0 Å². The third-order valence-corrected chi connectivity index (χ3v) is 5.68. The Balaban J connectivity index is 1.83. The average Bonchev–Trinajstić information content (AvgIpc) is 3.25. The van der Waals surface area contributed by atoms with E-state index in [0.29, 0.717) is 5.82 Å². The van der Waals surface area contributed by atoms with Crippen LogP contribution < -0.4 is 0 Å². The maximum absolute atomic E-state index is 4.86. The number of hydrogen-bond acceptors (Lipinski definition) is 3. The van der Waals surface area contributed by atoms with Crippen LogP contribution in [-0.2, 0) is 0 Å². The third-order valence-electron chi connectivity index (χ3n) is 5.68. The predicted molar refractivity (Wildman–Crippen MR) is 112 cm³/mol. The van der Waals surface area contributed by atoms with Crippen LogP contribution in [0.25, 0.3) is 33.8 Å². The molecule has 0 fully saturated rings. The summed E-state index contributed by atoms with van der Waals surface area (Å²) in [4.78, 5) is 9.63. The third kappa shape index (κ3) is 2.29. The first-order chi connectivity index (χ1) is 13.6. The van der Waals surface area contributed by atoms with Crippen LogP contribution in [0.2, 0.25) is 0 Å². The van der Waals surface area contributed by atoms with Crippen molar-refractivity contribution in [3.63, 3.8) is 0 Å². The van der Waals surface area contributed by atoms with Crippen molar-refractivity contribution >= 4 is 16.7 Å². The number of fused-ring (bicyclic) bond motifs is 3. The monoisotopic (exact) mass is 367 g/mol. The van der Waals surface area contributed by atoms with E-state index in [0.717, 1.165) is 27.9 Å². The molecule has 0 aliphatic rings. The van der Waals surface area contributed by atoms with Crippen molar-refractivity contribution in [2.75, 3.05) is 0 Å². The average molecular weight is 367 g/mol. The maximum Gasteiger partial charge on any atom is 0.182 e. The fourth-order valence-corrected chi connectivity index (χ4v) is 3.84. The molecule has 0 amide bonds. The highest BCUT2D eigenvalue weighted by Crippen LogP contribution is 2.32. The van der Waals surface area contributed by atoms with Crippen molar-refractivity contribution in [3.05, 3.63) is 77.2 Å². The molecule has 0 aliphatic heterocycles. The normalized spacial score (nSPS) is 11.6. The predicted octanol–water partition coefficient (Wildman–Crippen LogP) is 4.97. The van der Waals surface area contributed by atoms with Crippen molar-refractivity contribution in [1.29, 1.82) is 0 Å². The molecule has 5 rings (SSSR count). The Morgan fingerprint density at radius 3 is 2.36 bits per heavy atom. The van der Waals surface area contributed by atoms with E-state index in [9.17, 15) is 0 Å². The Hall–Kier alpha value is -3.47. The number of rotatable bonds is 2. The highest BCUT2D eigenvalue weighted by atomic mass is 15.3. The molecule has 2 aromatic carbocycles. The molecule has 0 saturated heterocycles. The largest absolute Gasteiger partial charge is 0.298 e. The van der Waals surface area contributed by atoms with Crippen molar-refractivity contribution < 1.29 is 0 Å². The Morgan fingerprint density at radius 1 is 0.786 bits per heavy atom. The van der Waals surface area contributed by atoms with Gasteiger partial charge in [-0.05, 0) is 50.5 Å². The fraction of sp³-hybridized carbons (Fsp3) is 0.174. The summed E-state index contributed by atoms with van der Waals surface area (Å²) in [6, 6.07) is 16.4. The molecular formula is C23H21N5. The molecule has 0 spiro atoms. The minimum atomic E-state index is 0.714. The standard InChI is InChI=1S/C23H21N5/c1-14-9-8-12-19(15(14)2)28-17(4)16(3)20-22(28)24-13-27-23(20)25-21(26-27)18-10-6-5-7-11-18/h5-13H,1-4H3. The van der Waals surface area contributed by atoms with E-state index >= 15 is 0 Å². The van der Waals surface area contributed by atoms with Gasteiger partial charge in [-0.3, -0.25) is 4.57 Å². The lowest BCUT2D eigenvalue weighted by Gasteiger charge is -2.13. The van der Waals surface area contributed by atoms with Gasteiger partial charge in [0.05, 0.1) is 11.1 Å². The Morgan fingerprint density at radius 2 is 1.57 bits per heavy atom. The van der Waals surface area contributed by atoms with Gasteiger partial charge in [-0.1, -0.05) is 42.5 Å². The molecule has 5 nitrogen and oxygen atoms in total. The molecule has 0 atom stereocenters. The van der Waals surface area contributed by atoms with E-state index in [1.165, 1.54) is 22.4 Å². The van der Waals surface area contributed by atoms with Crippen LogP contribution in [0.4, 0.5) is 0 Å². The lowest BCUT2D eigenvalue weighted by Crippen LogP contribution is -2.02. The maximum atomic E-state index is 4.86. The van der Waals surface area contributed by atoms with Crippen LogP contribution in [0.15, 0.2) is 54.9 Å². The minimum Gasteiger partial charge on any atom is -0.298 e. The summed E-state index contributed by atoms with van der Waals surface area (Å²) >= 11 is 0. The number of aromatic nitrogens is 5. The highest BCUT2D eigenvalue weighted by Gasteiger charge is 2.20. The first-order valence-corrected chi connectivity index (χ1v) is 9.41. The topological polar surface area (TPSA) is 48.0 Å². The van der Waals surface area contributed by atoms with Crippen LogP contribution >= 0.6 is 0 Å². The van der Waals surface area contributed by atoms with Gasteiger partial charge >= 0.3 is 0 Å². The molecule has 0 saturated carbocycles. The first kappa shape index (κ1) is 16.7. The molecule has 28 heavy (non-hydrogen) atoms. The minimum absolute atomic E-state index is 0.714. The molecule has 5 heteroatoms. The molecule has 138 valence electrons. The second-order valence-electron chi connectivity index (χ2n) is 7.28. The lowest BCUT2D eigenvalue weighted by molar-refractivity contribution is 0.925. The van der Waals surface area contributed by atoms with E-state index in [1.54, 1.807) is 10.8 Å². The zero-order valence-electron chi connectivity index (χ0n) is 16.4. The first-order valence-electron chi connectivity index (χ1n) is 9.41. The van der Waals surface area contributed by atoms with E-state index in [4.69, 9.17) is 9.97 Å². The van der Waals surface area contributed by atoms with Crippen molar-refractivity contribution in [2.24, 2.45) is 0 Å². The van der Waals surface area contributed by atoms with E-state index in [2.05, 4.69) is 55.6 Å². The van der Waals surface area contributed by atoms with Crippen LogP contribution in [0, 0.1) is 27.7 Å². The Labute approximate surface area is 163 Å². The van der Waals surface area contributed by atoms with Crippen LogP contribution in [0.3, 0.4) is 0 Å². The molecule has 0 bridgehead atoms. The molecular weight excluding hydrogens is 346 g/mol. The lowest BCUT2D eigenvalue weighted by atomic mass is 10.1. The number of hydrogen-bond donors (Lipinski definition) is 0. The van der Waals surface area contributed by atoms with Crippen molar-refractivity contribution in [3.8, 4) is 17.1 Å². The van der Waals surface area contributed by atoms with Gasteiger partial charge in [0.1, 0.15) is 6.33 Å². The van der Waals surface area contributed by atoms with Gasteiger partial charge in [0.15, 0.2) is 17.1 Å². The summed E-state index contributed by atoms with van der Waals surface area (Å²) in [7, 11) is 0. The van der Waals surface area contributed by atoms with Crippen LogP contribution in [0.1, 0.15) is 22.4 Å². The van der Waals surface area contributed by atoms with Crippen LogP contribution in [-0.4, -0.2) is 24.1 Å². The van der Waals surface area contributed by atoms with Gasteiger partial charge in [-0.2, -0.15) is 0 Å². The summed E-state index contributed by atoms with van der Waals surface area (Å²) < 4.78 is 4.02. The highest BCUT2D eigenvalue weighted by molar-refractivity contribution is 5.95. The van der Waals surface area contributed by atoms with Crippen LogP contribution in [0.5, 0.6) is 0 Å². The molecule has 0 N–H and O–H groups in total. The Bertz CT molecular complexity index is 1340. The van der Waals surface area contributed by atoms with Gasteiger partial charge in [-0.25, -0.2) is 14.5 Å². The summed E-state index contributed by atoms with van der Waals surface area (Å²) in [6.45, 7) is 8.58. The molecule has 0 radical (unpaired) electrons. The van der Waals surface area contributed by atoms with E-state index < -0.39 is 0 Å². The van der Waals surface area contributed by atoms with Gasteiger partial charge in [0.25, 0.3) is 0 Å². The van der Waals surface area contributed by atoms with Gasteiger partial charge in [-0.15, -0.1) is 5.10 Å². The smallest absolute Gasteiger partial charge is 0.182 e. The zero-order chi connectivity index (χ0) is 19.4. The molecule has 5 aromatic rings. The summed E-state index contributed by atoms with van der Waals surface area (Å²) in [5.74, 6) is 0.714. The molecule has 0 aliphatic carbocycles. The summed E-state index contributed by atoms with van der Waals surface area (Å²) in [5, 5.41) is 5.70. The second-order valence-corrected chi connectivity index (χ2v) is 7.28. The van der Waals surface area contributed by atoms with E-state index in [-0.39, 0.29) is 0 Å².